The van der Waals surface area contributed by atoms with E-state index in [2.05, 4.69) is 48.9 Å². The van der Waals surface area contributed by atoms with E-state index in [1.54, 1.807) is 0 Å². The van der Waals surface area contributed by atoms with Crippen LogP contribution in [-0.4, -0.2) is 10.4 Å². The number of carbonyl (C=O) groups is 1. The van der Waals surface area contributed by atoms with E-state index in [1.165, 1.54) is 16.8 Å². The predicted molar refractivity (Wildman–Crippen MR) is 76.7 cm³/mol. The average Bonchev–Trinajstić information content (AvgIpc) is 2.84. The van der Waals surface area contributed by atoms with Crippen molar-refractivity contribution in [2.45, 2.75) is 39.2 Å². The van der Waals surface area contributed by atoms with Gasteiger partial charge in [-0.2, -0.15) is 0 Å². The van der Waals surface area contributed by atoms with Crippen LogP contribution in [0.1, 0.15) is 53.0 Å². The molecule has 0 radical (unpaired) electrons. The fourth-order valence-corrected chi connectivity index (χ4v) is 3.12. The molecule has 1 heterocycles. The topological polar surface area (TPSA) is 22.0 Å². The Morgan fingerprint density at radius 3 is 2.74 bits per heavy atom. The minimum absolute atomic E-state index is 0.288. The molecule has 0 bridgehead atoms. The monoisotopic (exact) mass is 253 g/mol. The molecule has 1 aromatic heterocycles. The van der Waals surface area contributed by atoms with Crippen molar-refractivity contribution < 1.29 is 4.79 Å². The maximum Gasteiger partial charge on any atom is 0.164 e. The molecule has 0 N–H and O–H groups in total. The Morgan fingerprint density at radius 1 is 1.16 bits per heavy atom. The summed E-state index contributed by atoms with van der Waals surface area (Å²) >= 11 is 0. The van der Waals surface area contributed by atoms with Crippen LogP contribution < -0.4 is 0 Å². The van der Waals surface area contributed by atoms with Crippen LogP contribution in [0.3, 0.4) is 0 Å². The third-order valence-corrected chi connectivity index (χ3v) is 4.20. The first-order valence-corrected chi connectivity index (χ1v) is 6.97. The molecule has 0 amide bonds. The second-order valence-corrected chi connectivity index (χ2v) is 5.39. The summed E-state index contributed by atoms with van der Waals surface area (Å²) in [5, 5.41) is 0. The van der Waals surface area contributed by atoms with E-state index in [0.717, 1.165) is 18.4 Å². The lowest BCUT2D eigenvalue weighted by molar-refractivity contribution is 0.0971. The highest BCUT2D eigenvalue weighted by Gasteiger charge is 2.23. The van der Waals surface area contributed by atoms with Crippen molar-refractivity contribution in [3.8, 4) is 0 Å². The van der Waals surface area contributed by atoms with Crippen molar-refractivity contribution in [1.29, 1.82) is 0 Å². The summed E-state index contributed by atoms with van der Waals surface area (Å²) in [7, 11) is 0. The lowest BCUT2D eigenvalue weighted by Gasteiger charge is -2.22. The number of fused-ring (bicyclic) bond motifs is 1. The van der Waals surface area contributed by atoms with Crippen molar-refractivity contribution in [1.82, 2.24) is 4.57 Å². The molecule has 1 aliphatic carbocycles. The van der Waals surface area contributed by atoms with Crippen LogP contribution in [0.5, 0.6) is 0 Å². The first kappa shape index (κ1) is 12.2. The van der Waals surface area contributed by atoms with Crippen molar-refractivity contribution in [2.24, 2.45) is 0 Å². The Kier molecular flexibility index (Phi) is 3.02. The van der Waals surface area contributed by atoms with Gasteiger partial charge in [0.05, 0.1) is 6.04 Å². The first-order valence-electron chi connectivity index (χ1n) is 6.97. The molecule has 1 atom stereocenters. The number of ketones is 1. The molecule has 98 valence electrons. The minimum atomic E-state index is 0.288. The lowest BCUT2D eigenvalue weighted by atomic mass is 9.96. The van der Waals surface area contributed by atoms with Gasteiger partial charge in [0, 0.05) is 23.9 Å². The minimum Gasteiger partial charge on any atom is -0.344 e. The maximum atomic E-state index is 11.9. The first-order chi connectivity index (χ1) is 9.18. The van der Waals surface area contributed by atoms with E-state index >= 15 is 0 Å². The highest BCUT2D eigenvalue weighted by atomic mass is 16.1. The Balaban J connectivity index is 2.04. The Labute approximate surface area is 114 Å². The summed E-state index contributed by atoms with van der Waals surface area (Å²) in [6, 6.07) is 10.8. The molecule has 2 heteroatoms. The molecular formula is C17H19NO. The normalized spacial score (nSPS) is 16.2. The second kappa shape index (κ2) is 4.69. The molecule has 0 aliphatic heterocycles. The van der Waals surface area contributed by atoms with Gasteiger partial charge in [-0.25, -0.2) is 0 Å². The summed E-state index contributed by atoms with van der Waals surface area (Å²) < 4.78 is 2.27. The van der Waals surface area contributed by atoms with Gasteiger partial charge in [-0.15, -0.1) is 0 Å². The van der Waals surface area contributed by atoms with Crippen LogP contribution >= 0.6 is 0 Å². The third-order valence-electron chi connectivity index (χ3n) is 4.20. The molecule has 1 unspecified atom stereocenters. The molecule has 3 rings (SSSR count). The molecule has 1 aromatic carbocycles. The van der Waals surface area contributed by atoms with Crippen LogP contribution in [0.2, 0.25) is 0 Å². The number of rotatable bonds is 2. The van der Waals surface area contributed by atoms with Crippen LogP contribution in [-0.2, 0) is 6.42 Å². The van der Waals surface area contributed by atoms with Crippen molar-refractivity contribution in [2.75, 3.05) is 0 Å². The van der Waals surface area contributed by atoms with E-state index in [0.29, 0.717) is 12.2 Å². The molecule has 0 saturated carbocycles. The smallest absolute Gasteiger partial charge is 0.164 e. The van der Waals surface area contributed by atoms with Gasteiger partial charge in [0.15, 0.2) is 5.78 Å². The number of hydrogen-bond acceptors (Lipinski definition) is 1. The fraction of sp³-hybridized carbons (Fsp3) is 0.353. The Bertz CT molecular complexity index is 624. The Hall–Kier alpha value is -1.83. The van der Waals surface area contributed by atoms with Crippen LogP contribution in [0.25, 0.3) is 0 Å². The zero-order valence-corrected chi connectivity index (χ0v) is 11.5. The van der Waals surface area contributed by atoms with Gasteiger partial charge in [0.2, 0.25) is 0 Å². The number of benzene rings is 1. The average molecular weight is 253 g/mol. The maximum absolute atomic E-state index is 11.9. The quantitative estimate of drug-likeness (QED) is 0.795. The Morgan fingerprint density at radius 2 is 1.95 bits per heavy atom. The van der Waals surface area contributed by atoms with E-state index < -0.39 is 0 Å². The van der Waals surface area contributed by atoms with Gasteiger partial charge in [-0.1, -0.05) is 24.3 Å². The standard InChI is InChI=1S/C17H19NO/c1-12-6-3-4-7-14(12)13(2)18-11-10-15-16(18)8-5-9-17(15)19/h3-4,6-7,10-11,13H,5,8-9H2,1-2H3. The summed E-state index contributed by atoms with van der Waals surface area (Å²) in [6.45, 7) is 4.36. The zero-order valence-electron chi connectivity index (χ0n) is 11.5. The van der Waals surface area contributed by atoms with Crippen molar-refractivity contribution in [3.63, 3.8) is 0 Å². The van der Waals surface area contributed by atoms with Crippen molar-refractivity contribution in [3.05, 3.63) is 58.9 Å². The summed E-state index contributed by atoms with van der Waals surface area (Å²) in [5.41, 5.74) is 4.79. The van der Waals surface area contributed by atoms with Gasteiger partial charge in [-0.3, -0.25) is 4.79 Å². The molecule has 2 nitrogen and oxygen atoms in total. The summed E-state index contributed by atoms with van der Waals surface area (Å²) in [6.07, 6.45) is 4.78. The summed E-state index contributed by atoms with van der Waals surface area (Å²) in [5.74, 6) is 0.303. The molecule has 0 fully saturated rings. The van der Waals surface area contributed by atoms with Crippen molar-refractivity contribution >= 4 is 5.78 Å². The van der Waals surface area contributed by atoms with E-state index in [1.807, 2.05) is 6.07 Å². The predicted octanol–water partition coefficient (Wildman–Crippen LogP) is 3.92. The highest BCUT2D eigenvalue weighted by molar-refractivity contribution is 5.98. The number of Topliss-reactive ketones (excluding diaryl/α,β-unsaturated/α-hetero) is 1. The third kappa shape index (κ3) is 2.01. The SMILES string of the molecule is Cc1ccccc1C(C)n1ccc2c1CCCC2=O. The molecular weight excluding hydrogens is 234 g/mol. The number of nitrogens with zero attached hydrogens (tertiary/aromatic N) is 1. The number of aromatic nitrogens is 1. The largest absolute Gasteiger partial charge is 0.344 e. The van der Waals surface area contributed by atoms with E-state index in [9.17, 15) is 4.79 Å². The summed E-state index contributed by atoms with van der Waals surface area (Å²) in [4.78, 5) is 11.9. The fourth-order valence-electron chi connectivity index (χ4n) is 3.12. The lowest BCUT2D eigenvalue weighted by Crippen LogP contribution is -2.16. The van der Waals surface area contributed by atoms with Crippen LogP contribution in [0.4, 0.5) is 0 Å². The number of carbonyl (C=O) groups excluding carboxylic acids is 1. The van der Waals surface area contributed by atoms with E-state index in [-0.39, 0.29) is 6.04 Å². The van der Waals surface area contributed by atoms with Gasteiger partial charge in [0.25, 0.3) is 0 Å². The molecule has 0 saturated heterocycles. The van der Waals surface area contributed by atoms with Gasteiger partial charge in [0.1, 0.15) is 0 Å². The number of aryl methyl sites for hydroxylation is 1. The second-order valence-electron chi connectivity index (χ2n) is 5.39. The molecule has 1 aliphatic rings. The highest BCUT2D eigenvalue weighted by Crippen LogP contribution is 2.29. The van der Waals surface area contributed by atoms with Crippen LogP contribution in [0, 0.1) is 6.92 Å². The van der Waals surface area contributed by atoms with Gasteiger partial charge >= 0.3 is 0 Å². The van der Waals surface area contributed by atoms with Gasteiger partial charge < -0.3 is 4.57 Å². The zero-order chi connectivity index (χ0) is 13.4. The number of hydrogen-bond donors (Lipinski definition) is 0. The molecule has 0 spiro atoms. The molecule has 2 aromatic rings. The van der Waals surface area contributed by atoms with Crippen LogP contribution in [0.15, 0.2) is 36.5 Å². The molecule has 19 heavy (non-hydrogen) atoms. The van der Waals surface area contributed by atoms with Gasteiger partial charge in [-0.05, 0) is 43.9 Å². The van der Waals surface area contributed by atoms with E-state index in [4.69, 9.17) is 0 Å².